The van der Waals surface area contributed by atoms with E-state index >= 15 is 0 Å². The van der Waals surface area contributed by atoms with Gasteiger partial charge >= 0.3 is 5.97 Å². The maximum atomic E-state index is 12.4. The smallest absolute Gasteiger partial charge is 0.364 e. The first kappa shape index (κ1) is 21.8. The Morgan fingerprint density at radius 3 is 2.41 bits per heavy atom. The average Bonchev–Trinajstić information content (AvgIpc) is 3.23. The van der Waals surface area contributed by atoms with Gasteiger partial charge in [0.2, 0.25) is 5.69 Å². The second kappa shape index (κ2) is 10.3. The van der Waals surface area contributed by atoms with Crippen LogP contribution in [-0.2, 0) is 16.0 Å². The number of carbonyl (C=O) groups excluding carboxylic acids is 1. The summed E-state index contributed by atoms with van der Waals surface area (Å²) in [5, 5.41) is 8.17. The van der Waals surface area contributed by atoms with Crippen LogP contribution in [0.2, 0.25) is 0 Å². The molecule has 168 valence electrons. The Labute approximate surface area is 187 Å². The minimum Gasteiger partial charge on any atom is -0.497 e. The maximum Gasteiger partial charge on any atom is 0.364 e. The molecule has 0 N–H and O–H groups in total. The van der Waals surface area contributed by atoms with E-state index < -0.39 is 5.97 Å². The van der Waals surface area contributed by atoms with Gasteiger partial charge in [0.15, 0.2) is 0 Å². The molecule has 1 aromatic heterocycles. The highest BCUT2D eigenvalue weighted by atomic mass is 16.5. The lowest BCUT2D eigenvalue weighted by molar-refractivity contribution is 0.0516. The zero-order chi connectivity index (χ0) is 22.3. The monoisotopic (exact) mass is 437 g/mol. The highest BCUT2D eigenvalue weighted by molar-refractivity contribution is 5.89. The predicted molar refractivity (Wildman–Crippen MR) is 117 cm³/mol. The number of hydrogen-bond acceptors (Lipinski definition) is 7. The molecule has 8 heteroatoms. The number of hydrogen-bond donors (Lipinski definition) is 0. The van der Waals surface area contributed by atoms with E-state index in [-0.39, 0.29) is 18.2 Å². The van der Waals surface area contributed by atoms with Gasteiger partial charge in [-0.05, 0) is 61.1 Å². The van der Waals surface area contributed by atoms with Crippen LogP contribution >= 0.6 is 0 Å². The average molecular weight is 437 g/mol. The Morgan fingerprint density at radius 2 is 1.75 bits per heavy atom. The van der Waals surface area contributed by atoms with E-state index in [1.807, 2.05) is 36.4 Å². The summed E-state index contributed by atoms with van der Waals surface area (Å²) in [6, 6.07) is 15.5. The van der Waals surface area contributed by atoms with Crippen LogP contribution in [0, 0.1) is 0 Å². The molecule has 0 bridgehead atoms. The molecule has 1 aliphatic rings. The third kappa shape index (κ3) is 5.08. The molecule has 2 heterocycles. The Morgan fingerprint density at radius 1 is 1.06 bits per heavy atom. The molecule has 3 aromatic rings. The second-order valence-corrected chi connectivity index (χ2v) is 7.53. The van der Waals surface area contributed by atoms with Crippen LogP contribution in [0.4, 0.5) is 0 Å². The van der Waals surface area contributed by atoms with Crippen molar-refractivity contribution in [2.45, 2.75) is 32.2 Å². The molecule has 0 spiro atoms. The van der Waals surface area contributed by atoms with Crippen molar-refractivity contribution in [2.75, 3.05) is 26.9 Å². The molecule has 0 aliphatic carbocycles. The van der Waals surface area contributed by atoms with E-state index in [9.17, 15) is 4.79 Å². The van der Waals surface area contributed by atoms with E-state index in [2.05, 4.69) is 22.4 Å². The highest BCUT2D eigenvalue weighted by Gasteiger charge is 2.24. The Balaban J connectivity index is 1.57. The zero-order valence-electron chi connectivity index (χ0n) is 18.3. The van der Waals surface area contributed by atoms with Crippen molar-refractivity contribution in [3.63, 3.8) is 0 Å². The van der Waals surface area contributed by atoms with Crippen molar-refractivity contribution in [3.8, 4) is 17.4 Å². The maximum absolute atomic E-state index is 12.4. The fourth-order valence-electron chi connectivity index (χ4n) is 3.69. The fourth-order valence-corrected chi connectivity index (χ4v) is 3.69. The van der Waals surface area contributed by atoms with Gasteiger partial charge in [0.1, 0.15) is 11.5 Å². The number of benzene rings is 2. The molecule has 32 heavy (non-hydrogen) atoms. The molecule has 8 nitrogen and oxygen atoms in total. The molecule has 1 aliphatic heterocycles. The summed E-state index contributed by atoms with van der Waals surface area (Å²) in [5.74, 6) is 1.54. The zero-order valence-corrected chi connectivity index (χ0v) is 18.3. The summed E-state index contributed by atoms with van der Waals surface area (Å²) >= 11 is 0. The molecule has 0 radical (unpaired) electrons. The highest BCUT2D eigenvalue weighted by Crippen LogP contribution is 2.30. The van der Waals surface area contributed by atoms with E-state index in [0.717, 1.165) is 37.4 Å². The third-order valence-corrected chi connectivity index (χ3v) is 5.44. The van der Waals surface area contributed by atoms with Crippen molar-refractivity contribution in [1.29, 1.82) is 0 Å². The van der Waals surface area contributed by atoms with Crippen LogP contribution in [0.3, 0.4) is 0 Å². The van der Waals surface area contributed by atoms with E-state index in [4.69, 9.17) is 18.9 Å². The molecule has 0 unspecified atom stereocenters. The number of rotatable bonds is 8. The SMILES string of the molecule is CCOC(=O)c1nnn(Cc2ccc(OC)cc2)c1Oc1ccc(C2CCOCC2)cc1. The minimum absolute atomic E-state index is 0.0499. The predicted octanol–water partition coefficient (Wildman–Crippen LogP) is 4.20. The fraction of sp³-hybridized carbons (Fsp3) is 0.375. The molecular weight excluding hydrogens is 410 g/mol. The Hall–Kier alpha value is -3.39. The number of carbonyl (C=O) groups is 1. The summed E-state index contributed by atoms with van der Waals surface area (Å²) in [6.07, 6.45) is 2.04. The van der Waals surface area contributed by atoms with E-state index in [0.29, 0.717) is 18.2 Å². The van der Waals surface area contributed by atoms with Crippen LogP contribution in [0.25, 0.3) is 0 Å². The van der Waals surface area contributed by atoms with Crippen molar-refractivity contribution in [3.05, 3.63) is 65.4 Å². The minimum atomic E-state index is -0.567. The topological polar surface area (TPSA) is 84.7 Å². The van der Waals surface area contributed by atoms with Gasteiger partial charge in [-0.15, -0.1) is 5.10 Å². The van der Waals surface area contributed by atoms with Gasteiger partial charge in [0.05, 0.1) is 20.3 Å². The van der Waals surface area contributed by atoms with Crippen molar-refractivity contribution in [1.82, 2.24) is 15.0 Å². The molecule has 0 atom stereocenters. The first-order chi connectivity index (χ1) is 15.7. The molecule has 0 amide bonds. The summed E-state index contributed by atoms with van der Waals surface area (Å²) in [5.41, 5.74) is 2.27. The third-order valence-electron chi connectivity index (χ3n) is 5.44. The number of esters is 1. The van der Waals surface area contributed by atoms with Crippen molar-refractivity contribution < 1.29 is 23.7 Å². The summed E-state index contributed by atoms with van der Waals surface area (Å²) in [6.45, 7) is 3.95. The lowest BCUT2D eigenvalue weighted by atomic mass is 9.92. The van der Waals surface area contributed by atoms with Gasteiger partial charge in [-0.2, -0.15) is 0 Å². The molecular formula is C24H27N3O5. The first-order valence-corrected chi connectivity index (χ1v) is 10.8. The lowest BCUT2D eigenvalue weighted by Gasteiger charge is -2.22. The summed E-state index contributed by atoms with van der Waals surface area (Å²) in [4.78, 5) is 12.4. The van der Waals surface area contributed by atoms with Crippen LogP contribution < -0.4 is 9.47 Å². The number of methoxy groups -OCH3 is 1. The van der Waals surface area contributed by atoms with Crippen molar-refractivity contribution >= 4 is 5.97 Å². The van der Waals surface area contributed by atoms with E-state index in [1.165, 1.54) is 5.56 Å². The molecule has 1 saturated heterocycles. The second-order valence-electron chi connectivity index (χ2n) is 7.53. The normalized spacial score (nSPS) is 14.2. The van der Waals surface area contributed by atoms with Gasteiger partial charge in [0.25, 0.3) is 5.88 Å². The molecule has 2 aromatic carbocycles. The van der Waals surface area contributed by atoms with Crippen LogP contribution in [0.15, 0.2) is 48.5 Å². The van der Waals surface area contributed by atoms with Crippen molar-refractivity contribution in [2.24, 2.45) is 0 Å². The number of aromatic nitrogens is 3. The quantitative estimate of drug-likeness (QED) is 0.488. The summed E-state index contributed by atoms with van der Waals surface area (Å²) < 4.78 is 23.5. The van der Waals surface area contributed by atoms with Gasteiger partial charge in [0, 0.05) is 13.2 Å². The van der Waals surface area contributed by atoms with Crippen LogP contribution in [-0.4, -0.2) is 47.9 Å². The molecule has 0 saturated carbocycles. The van der Waals surface area contributed by atoms with Gasteiger partial charge < -0.3 is 18.9 Å². The molecule has 1 fully saturated rings. The number of nitrogens with zero attached hydrogens (tertiary/aromatic N) is 3. The van der Waals surface area contributed by atoms with Gasteiger partial charge in [-0.1, -0.05) is 29.5 Å². The number of ether oxygens (including phenoxy) is 4. The Bertz CT molecular complexity index is 1020. The standard InChI is InChI=1S/C24H27N3O5/c1-3-31-24(28)22-23(27(26-25-22)16-17-4-8-20(29-2)9-5-17)32-21-10-6-18(7-11-21)19-12-14-30-15-13-19/h4-11,19H,3,12-16H2,1-2H3. The van der Waals surface area contributed by atoms with Crippen LogP contribution in [0.1, 0.15) is 47.3 Å². The van der Waals surface area contributed by atoms with Gasteiger partial charge in [-0.25, -0.2) is 9.48 Å². The van der Waals surface area contributed by atoms with Gasteiger partial charge in [-0.3, -0.25) is 0 Å². The summed E-state index contributed by atoms with van der Waals surface area (Å²) in [7, 11) is 1.62. The Kier molecular flexibility index (Phi) is 7.01. The first-order valence-electron chi connectivity index (χ1n) is 10.8. The molecule has 4 rings (SSSR count). The largest absolute Gasteiger partial charge is 0.497 e. The van der Waals surface area contributed by atoms with Crippen LogP contribution in [0.5, 0.6) is 17.4 Å². The van der Waals surface area contributed by atoms with E-state index in [1.54, 1.807) is 18.7 Å². The lowest BCUT2D eigenvalue weighted by Crippen LogP contribution is -2.13.